The SMILES string of the molecule is Cc1cc(=O)[nH]c(NCCNC(=O)[C@@H]2CCC[C@@H](O)C2)n1. The highest BCUT2D eigenvalue weighted by Gasteiger charge is 2.25. The number of aliphatic hydroxyl groups is 1. The number of amides is 1. The Hall–Kier alpha value is -1.89. The number of aryl methyl sites for hydroxylation is 1. The number of rotatable bonds is 5. The Morgan fingerprint density at radius 3 is 3.00 bits per heavy atom. The second-order valence-corrected chi connectivity index (χ2v) is 5.47. The molecule has 21 heavy (non-hydrogen) atoms. The number of hydrogen-bond donors (Lipinski definition) is 4. The molecule has 1 aromatic heterocycles. The van der Waals surface area contributed by atoms with Crippen LogP contribution < -0.4 is 16.2 Å². The van der Waals surface area contributed by atoms with E-state index < -0.39 is 0 Å². The van der Waals surface area contributed by atoms with Crippen LogP contribution in [0.2, 0.25) is 0 Å². The van der Waals surface area contributed by atoms with E-state index >= 15 is 0 Å². The Balaban J connectivity index is 1.71. The molecule has 1 fully saturated rings. The monoisotopic (exact) mass is 294 g/mol. The summed E-state index contributed by atoms with van der Waals surface area (Å²) in [5.41, 5.74) is 0.437. The molecule has 7 nitrogen and oxygen atoms in total. The van der Waals surface area contributed by atoms with Gasteiger partial charge in [-0.15, -0.1) is 0 Å². The first-order chi connectivity index (χ1) is 10.0. The molecule has 0 bridgehead atoms. The maximum absolute atomic E-state index is 11.9. The van der Waals surface area contributed by atoms with Crippen molar-refractivity contribution >= 4 is 11.9 Å². The molecule has 0 unspecified atom stereocenters. The Morgan fingerprint density at radius 1 is 1.48 bits per heavy atom. The van der Waals surface area contributed by atoms with E-state index in [9.17, 15) is 14.7 Å². The first-order valence-corrected chi connectivity index (χ1v) is 7.32. The normalized spacial score (nSPS) is 21.8. The molecule has 4 N–H and O–H groups in total. The number of aromatic amines is 1. The fourth-order valence-electron chi connectivity index (χ4n) is 2.58. The summed E-state index contributed by atoms with van der Waals surface area (Å²) in [7, 11) is 0. The standard InChI is InChI=1S/C14H22N4O3/c1-9-7-12(20)18-14(17-9)16-6-5-15-13(21)10-3-2-4-11(19)8-10/h7,10-11,19H,2-6,8H2,1H3,(H,15,21)(H2,16,17,18,20)/t10-,11-/m1/s1. The van der Waals surface area contributed by atoms with Gasteiger partial charge in [0.1, 0.15) is 0 Å². The highest BCUT2D eigenvalue weighted by Crippen LogP contribution is 2.24. The molecule has 0 spiro atoms. The number of hydrogen-bond acceptors (Lipinski definition) is 5. The van der Waals surface area contributed by atoms with Crippen LogP contribution in [0.15, 0.2) is 10.9 Å². The van der Waals surface area contributed by atoms with Gasteiger partial charge in [0.05, 0.1) is 6.10 Å². The molecule has 0 radical (unpaired) electrons. The van der Waals surface area contributed by atoms with Crippen molar-refractivity contribution in [1.29, 1.82) is 0 Å². The molecule has 1 amide bonds. The maximum Gasteiger partial charge on any atom is 0.252 e. The molecule has 1 aromatic rings. The molecule has 0 saturated heterocycles. The highest BCUT2D eigenvalue weighted by molar-refractivity contribution is 5.78. The van der Waals surface area contributed by atoms with Gasteiger partial charge in [-0.2, -0.15) is 0 Å². The van der Waals surface area contributed by atoms with E-state index in [0.717, 1.165) is 19.3 Å². The van der Waals surface area contributed by atoms with Crippen LogP contribution in [0.1, 0.15) is 31.4 Å². The predicted molar refractivity (Wildman–Crippen MR) is 79.1 cm³/mol. The van der Waals surface area contributed by atoms with E-state index in [-0.39, 0.29) is 23.5 Å². The van der Waals surface area contributed by atoms with Gasteiger partial charge >= 0.3 is 0 Å². The van der Waals surface area contributed by atoms with Crippen LogP contribution in [-0.4, -0.2) is 40.2 Å². The van der Waals surface area contributed by atoms with Gasteiger partial charge in [-0.1, -0.05) is 6.42 Å². The molecule has 2 atom stereocenters. The van der Waals surface area contributed by atoms with E-state index in [1.54, 1.807) is 6.92 Å². The lowest BCUT2D eigenvalue weighted by molar-refractivity contribution is -0.127. The molecule has 2 rings (SSSR count). The van der Waals surface area contributed by atoms with Crippen LogP contribution in [0, 0.1) is 12.8 Å². The van der Waals surface area contributed by atoms with Crippen molar-refractivity contribution in [3.63, 3.8) is 0 Å². The van der Waals surface area contributed by atoms with E-state index in [0.29, 0.717) is 31.2 Å². The van der Waals surface area contributed by atoms with E-state index in [1.807, 2.05) is 0 Å². The second kappa shape index (κ2) is 7.21. The summed E-state index contributed by atoms with van der Waals surface area (Å²) >= 11 is 0. The average Bonchev–Trinajstić information content (AvgIpc) is 2.42. The lowest BCUT2D eigenvalue weighted by Gasteiger charge is -2.24. The number of anilines is 1. The molecule has 1 aliphatic rings. The molecule has 1 aliphatic carbocycles. The van der Waals surface area contributed by atoms with Gasteiger partial charge in [0.15, 0.2) is 0 Å². The summed E-state index contributed by atoms with van der Waals surface area (Å²) < 4.78 is 0. The summed E-state index contributed by atoms with van der Waals surface area (Å²) in [6, 6.07) is 1.42. The summed E-state index contributed by atoms with van der Waals surface area (Å²) in [5.74, 6) is 0.300. The van der Waals surface area contributed by atoms with Crippen molar-refractivity contribution < 1.29 is 9.90 Å². The zero-order chi connectivity index (χ0) is 15.2. The largest absolute Gasteiger partial charge is 0.393 e. The second-order valence-electron chi connectivity index (χ2n) is 5.47. The number of carbonyl (C=O) groups is 1. The topological polar surface area (TPSA) is 107 Å². The first-order valence-electron chi connectivity index (χ1n) is 7.32. The number of aromatic nitrogens is 2. The van der Waals surface area contributed by atoms with Crippen LogP contribution in [0.3, 0.4) is 0 Å². The van der Waals surface area contributed by atoms with E-state index in [2.05, 4.69) is 20.6 Å². The van der Waals surface area contributed by atoms with Gasteiger partial charge in [-0.25, -0.2) is 4.98 Å². The Morgan fingerprint density at radius 2 is 2.29 bits per heavy atom. The fourth-order valence-corrected chi connectivity index (χ4v) is 2.58. The third-order valence-electron chi connectivity index (χ3n) is 3.60. The third-order valence-corrected chi connectivity index (χ3v) is 3.60. The van der Waals surface area contributed by atoms with E-state index in [4.69, 9.17) is 0 Å². The van der Waals surface area contributed by atoms with Crippen LogP contribution in [0.4, 0.5) is 5.95 Å². The Bertz CT molecular complexity index is 543. The molecular formula is C14H22N4O3. The van der Waals surface area contributed by atoms with Crippen LogP contribution in [-0.2, 0) is 4.79 Å². The number of carbonyl (C=O) groups excluding carboxylic acids is 1. The number of H-pyrrole nitrogens is 1. The third kappa shape index (κ3) is 4.86. The van der Waals surface area contributed by atoms with Gasteiger partial charge in [-0.05, 0) is 26.2 Å². The van der Waals surface area contributed by atoms with Crippen LogP contribution >= 0.6 is 0 Å². The zero-order valence-corrected chi connectivity index (χ0v) is 12.2. The van der Waals surface area contributed by atoms with Gasteiger partial charge in [0.2, 0.25) is 11.9 Å². The quantitative estimate of drug-likeness (QED) is 0.579. The summed E-state index contributed by atoms with van der Waals surface area (Å²) in [6.45, 7) is 2.67. The van der Waals surface area contributed by atoms with Crippen molar-refractivity contribution in [2.45, 2.75) is 38.7 Å². The molecule has 116 valence electrons. The molecular weight excluding hydrogens is 272 g/mol. The van der Waals surface area contributed by atoms with Crippen molar-refractivity contribution in [2.24, 2.45) is 5.92 Å². The molecule has 0 aliphatic heterocycles. The van der Waals surface area contributed by atoms with Gasteiger partial charge < -0.3 is 15.7 Å². The van der Waals surface area contributed by atoms with Crippen molar-refractivity contribution in [3.8, 4) is 0 Å². The van der Waals surface area contributed by atoms with Gasteiger partial charge in [-0.3, -0.25) is 14.6 Å². The average molecular weight is 294 g/mol. The van der Waals surface area contributed by atoms with Crippen molar-refractivity contribution in [3.05, 3.63) is 22.1 Å². The van der Waals surface area contributed by atoms with Crippen molar-refractivity contribution in [1.82, 2.24) is 15.3 Å². The number of nitrogens with zero attached hydrogens (tertiary/aromatic N) is 1. The zero-order valence-electron chi connectivity index (χ0n) is 12.2. The van der Waals surface area contributed by atoms with Crippen LogP contribution in [0.5, 0.6) is 0 Å². The fraction of sp³-hybridized carbons (Fsp3) is 0.643. The summed E-state index contributed by atoms with van der Waals surface area (Å²) in [6.07, 6.45) is 2.72. The minimum absolute atomic E-state index is 0.0127. The summed E-state index contributed by atoms with van der Waals surface area (Å²) in [4.78, 5) is 29.9. The Kier molecular flexibility index (Phi) is 5.32. The van der Waals surface area contributed by atoms with Crippen molar-refractivity contribution in [2.75, 3.05) is 18.4 Å². The van der Waals surface area contributed by atoms with Gasteiger partial charge in [0, 0.05) is 30.8 Å². The Labute approximate surface area is 123 Å². The lowest BCUT2D eigenvalue weighted by Crippen LogP contribution is -2.37. The van der Waals surface area contributed by atoms with Crippen LogP contribution in [0.25, 0.3) is 0 Å². The van der Waals surface area contributed by atoms with Gasteiger partial charge in [0.25, 0.3) is 5.56 Å². The minimum atomic E-state index is -0.353. The summed E-state index contributed by atoms with van der Waals surface area (Å²) in [5, 5.41) is 15.4. The minimum Gasteiger partial charge on any atom is -0.393 e. The molecule has 0 aromatic carbocycles. The molecule has 7 heteroatoms. The molecule has 1 heterocycles. The maximum atomic E-state index is 11.9. The lowest BCUT2D eigenvalue weighted by atomic mass is 9.87. The predicted octanol–water partition coefficient (Wildman–Crippen LogP) is 0.158. The molecule has 1 saturated carbocycles. The highest BCUT2D eigenvalue weighted by atomic mass is 16.3. The number of aliphatic hydroxyl groups excluding tert-OH is 1. The van der Waals surface area contributed by atoms with E-state index in [1.165, 1.54) is 6.07 Å². The smallest absolute Gasteiger partial charge is 0.252 e. The first kappa shape index (κ1) is 15.5. The number of nitrogens with one attached hydrogen (secondary N) is 3.